The van der Waals surface area contributed by atoms with Crippen LogP contribution in [0.3, 0.4) is 0 Å². The first-order valence-electron chi connectivity index (χ1n) is 5.23. The number of amides is 1. The fourth-order valence-electron chi connectivity index (χ4n) is 1.84. The van der Waals surface area contributed by atoms with Crippen LogP contribution in [0.15, 0.2) is 0 Å². The number of nitrogens with zero attached hydrogens (tertiary/aromatic N) is 1. The topological polar surface area (TPSA) is 50.8 Å². The lowest BCUT2D eigenvalue weighted by Gasteiger charge is -2.46. The molecule has 15 heavy (non-hydrogen) atoms. The Balaban J connectivity index is 1.81. The van der Waals surface area contributed by atoms with Crippen LogP contribution in [0.5, 0.6) is 0 Å². The average Bonchev–Trinajstić information content (AvgIpc) is 2.44. The van der Waals surface area contributed by atoms with Gasteiger partial charge in [0, 0.05) is 6.54 Å². The number of carbonyl (C=O) groups excluding carboxylic acids is 1. The van der Waals surface area contributed by atoms with Gasteiger partial charge in [-0.15, -0.1) is 0 Å². The second-order valence-electron chi connectivity index (χ2n) is 5.23. The number of rotatable bonds is 0. The molecule has 2 rings (SSSR count). The van der Waals surface area contributed by atoms with Crippen molar-refractivity contribution in [1.29, 1.82) is 0 Å². The predicted octanol–water partition coefficient (Wildman–Crippen LogP) is 0.553. The van der Waals surface area contributed by atoms with Crippen molar-refractivity contribution in [3.05, 3.63) is 0 Å². The SMILES string of the molecule is CC(C)(C)OC(=O)N1CC2(CNCO2)C1. The summed E-state index contributed by atoms with van der Waals surface area (Å²) < 4.78 is 10.8. The molecule has 1 spiro atoms. The molecule has 0 bridgehead atoms. The van der Waals surface area contributed by atoms with Crippen LogP contribution in [0.25, 0.3) is 0 Å². The Labute approximate surface area is 89.7 Å². The first kappa shape index (κ1) is 10.7. The second-order valence-corrected chi connectivity index (χ2v) is 5.23. The Hall–Kier alpha value is -0.810. The summed E-state index contributed by atoms with van der Waals surface area (Å²) in [6.45, 7) is 8.29. The highest BCUT2D eigenvalue weighted by atomic mass is 16.6. The molecule has 2 aliphatic rings. The minimum absolute atomic E-state index is 0.142. The van der Waals surface area contributed by atoms with Crippen LogP contribution in [0.4, 0.5) is 4.79 Å². The summed E-state index contributed by atoms with van der Waals surface area (Å²) in [5.41, 5.74) is -0.564. The normalized spacial score (nSPS) is 24.1. The smallest absolute Gasteiger partial charge is 0.410 e. The molecule has 2 aliphatic heterocycles. The monoisotopic (exact) mass is 214 g/mol. The van der Waals surface area contributed by atoms with Gasteiger partial charge in [-0.05, 0) is 20.8 Å². The lowest BCUT2D eigenvalue weighted by molar-refractivity contribution is -0.103. The van der Waals surface area contributed by atoms with Gasteiger partial charge in [0.05, 0.1) is 19.8 Å². The quantitative estimate of drug-likeness (QED) is 0.640. The number of ether oxygens (including phenoxy) is 2. The zero-order valence-electron chi connectivity index (χ0n) is 9.50. The van der Waals surface area contributed by atoms with E-state index in [4.69, 9.17) is 9.47 Å². The molecule has 86 valence electrons. The minimum Gasteiger partial charge on any atom is -0.444 e. The Bertz CT molecular complexity index is 258. The van der Waals surface area contributed by atoms with E-state index in [1.165, 1.54) is 0 Å². The van der Waals surface area contributed by atoms with E-state index in [1.807, 2.05) is 20.8 Å². The van der Waals surface area contributed by atoms with Crippen LogP contribution in [0, 0.1) is 0 Å². The van der Waals surface area contributed by atoms with Crippen molar-refractivity contribution >= 4 is 6.09 Å². The fourth-order valence-corrected chi connectivity index (χ4v) is 1.84. The molecule has 2 fully saturated rings. The average molecular weight is 214 g/mol. The molecule has 0 aromatic carbocycles. The number of carbonyl (C=O) groups is 1. The molecule has 0 unspecified atom stereocenters. The van der Waals surface area contributed by atoms with Crippen molar-refractivity contribution in [2.45, 2.75) is 32.0 Å². The van der Waals surface area contributed by atoms with Gasteiger partial charge < -0.3 is 14.4 Å². The van der Waals surface area contributed by atoms with Crippen LogP contribution < -0.4 is 5.32 Å². The molecule has 5 heteroatoms. The van der Waals surface area contributed by atoms with Gasteiger partial charge >= 0.3 is 6.09 Å². The van der Waals surface area contributed by atoms with Gasteiger partial charge in [0.1, 0.15) is 11.2 Å². The summed E-state index contributed by atoms with van der Waals surface area (Å²) in [7, 11) is 0. The fraction of sp³-hybridized carbons (Fsp3) is 0.900. The third kappa shape index (κ3) is 2.23. The zero-order valence-corrected chi connectivity index (χ0v) is 9.50. The van der Waals surface area contributed by atoms with Crippen LogP contribution in [0.2, 0.25) is 0 Å². The maximum absolute atomic E-state index is 11.6. The van der Waals surface area contributed by atoms with Gasteiger partial charge in [-0.1, -0.05) is 0 Å². The predicted molar refractivity (Wildman–Crippen MR) is 54.5 cm³/mol. The van der Waals surface area contributed by atoms with Gasteiger partial charge in [0.2, 0.25) is 0 Å². The number of hydrogen-bond donors (Lipinski definition) is 1. The number of hydrogen-bond acceptors (Lipinski definition) is 4. The summed E-state index contributed by atoms with van der Waals surface area (Å²) in [5.74, 6) is 0. The van der Waals surface area contributed by atoms with Crippen molar-refractivity contribution in [2.75, 3.05) is 26.4 Å². The highest BCUT2D eigenvalue weighted by Crippen LogP contribution is 2.28. The highest BCUT2D eigenvalue weighted by molar-refractivity contribution is 5.69. The van der Waals surface area contributed by atoms with Crippen molar-refractivity contribution in [1.82, 2.24) is 10.2 Å². The third-order valence-electron chi connectivity index (χ3n) is 2.54. The second kappa shape index (κ2) is 3.35. The molecule has 1 N–H and O–H groups in total. The molecule has 0 aromatic heterocycles. The summed E-state index contributed by atoms with van der Waals surface area (Å²) in [6, 6.07) is 0. The molecule has 2 saturated heterocycles. The van der Waals surface area contributed by atoms with Crippen molar-refractivity contribution < 1.29 is 14.3 Å². The largest absolute Gasteiger partial charge is 0.444 e. The molecule has 0 aromatic rings. The summed E-state index contributed by atoms with van der Waals surface area (Å²) in [4.78, 5) is 13.3. The lowest BCUT2D eigenvalue weighted by Crippen LogP contribution is -2.65. The Morgan fingerprint density at radius 1 is 1.47 bits per heavy atom. The number of likely N-dealkylation sites (tertiary alicyclic amines) is 1. The van der Waals surface area contributed by atoms with E-state index >= 15 is 0 Å². The van der Waals surface area contributed by atoms with E-state index < -0.39 is 5.60 Å². The third-order valence-corrected chi connectivity index (χ3v) is 2.54. The van der Waals surface area contributed by atoms with Crippen LogP contribution in [-0.2, 0) is 9.47 Å². The maximum atomic E-state index is 11.6. The summed E-state index contributed by atoms with van der Waals surface area (Å²) in [6.07, 6.45) is -0.247. The molecule has 0 atom stereocenters. The van der Waals surface area contributed by atoms with E-state index in [0.717, 1.165) is 6.54 Å². The van der Waals surface area contributed by atoms with E-state index in [2.05, 4.69) is 5.32 Å². The van der Waals surface area contributed by atoms with Crippen molar-refractivity contribution in [3.8, 4) is 0 Å². The molecule has 0 radical (unpaired) electrons. The molecule has 0 saturated carbocycles. The summed E-state index contributed by atoms with van der Waals surface area (Å²) in [5, 5.41) is 3.12. The van der Waals surface area contributed by atoms with Crippen LogP contribution in [0.1, 0.15) is 20.8 Å². The first-order chi connectivity index (χ1) is 6.90. The van der Waals surface area contributed by atoms with E-state index in [-0.39, 0.29) is 11.7 Å². The zero-order chi connectivity index (χ0) is 11.1. The first-order valence-corrected chi connectivity index (χ1v) is 5.23. The standard InChI is InChI=1S/C10H18N2O3/c1-9(2,3)15-8(13)12-5-10(6-12)4-11-7-14-10/h11H,4-7H2,1-3H3. The van der Waals surface area contributed by atoms with E-state index in [9.17, 15) is 4.79 Å². The molecular weight excluding hydrogens is 196 g/mol. The van der Waals surface area contributed by atoms with Gasteiger partial charge in [-0.3, -0.25) is 5.32 Å². The Kier molecular flexibility index (Phi) is 2.39. The molecule has 1 amide bonds. The van der Waals surface area contributed by atoms with E-state index in [1.54, 1.807) is 4.90 Å². The Morgan fingerprint density at radius 2 is 2.13 bits per heavy atom. The van der Waals surface area contributed by atoms with Gasteiger partial charge in [-0.25, -0.2) is 4.79 Å². The molecule has 2 heterocycles. The minimum atomic E-state index is -0.422. The molecule has 0 aliphatic carbocycles. The van der Waals surface area contributed by atoms with Crippen molar-refractivity contribution in [2.24, 2.45) is 0 Å². The highest BCUT2D eigenvalue weighted by Gasteiger charge is 2.49. The molecule has 5 nitrogen and oxygen atoms in total. The van der Waals surface area contributed by atoms with Crippen molar-refractivity contribution in [3.63, 3.8) is 0 Å². The Morgan fingerprint density at radius 3 is 2.60 bits per heavy atom. The molecular formula is C10H18N2O3. The van der Waals surface area contributed by atoms with Crippen LogP contribution in [-0.4, -0.2) is 48.6 Å². The van der Waals surface area contributed by atoms with Crippen LogP contribution >= 0.6 is 0 Å². The van der Waals surface area contributed by atoms with Gasteiger partial charge in [-0.2, -0.15) is 0 Å². The lowest BCUT2D eigenvalue weighted by atomic mass is 9.95. The van der Waals surface area contributed by atoms with Gasteiger partial charge in [0.25, 0.3) is 0 Å². The van der Waals surface area contributed by atoms with E-state index in [0.29, 0.717) is 19.8 Å². The maximum Gasteiger partial charge on any atom is 0.410 e. The van der Waals surface area contributed by atoms with Gasteiger partial charge in [0.15, 0.2) is 0 Å². The number of nitrogens with one attached hydrogen (secondary N) is 1. The summed E-state index contributed by atoms with van der Waals surface area (Å²) >= 11 is 0.